The number of benzene rings is 1. The summed E-state index contributed by atoms with van der Waals surface area (Å²) >= 11 is 0. The standard InChI is InChI=1S/C16H18FNO5/c1-22-13-3-2-11(17)6-12(13)14(19)18-7-10-8-23-5-4-16(10,9-18)15(20)21/h2-3,6,10H,4-5,7-9H2,1H3,(H,20,21)/t10-,16+/m0/s1. The van der Waals surface area contributed by atoms with Crippen molar-refractivity contribution in [3.05, 3.63) is 29.6 Å². The average Bonchev–Trinajstić information content (AvgIpc) is 2.95. The Labute approximate surface area is 132 Å². The van der Waals surface area contributed by atoms with E-state index in [0.717, 1.165) is 6.07 Å². The van der Waals surface area contributed by atoms with Crippen molar-refractivity contribution in [2.24, 2.45) is 11.3 Å². The molecule has 3 rings (SSSR count). The van der Waals surface area contributed by atoms with E-state index < -0.39 is 23.1 Å². The van der Waals surface area contributed by atoms with Gasteiger partial charge in [-0.1, -0.05) is 0 Å². The zero-order valence-electron chi connectivity index (χ0n) is 12.8. The van der Waals surface area contributed by atoms with Gasteiger partial charge in [-0.15, -0.1) is 0 Å². The van der Waals surface area contributed by atoms with Gasteiger partial charge in [0.05, 0.1) is 24.7 Å². The van der Waals surface area contributed by atoms with Crippen LogP contribution in [0.15, 0.2) is 18.2 Å². The lowest BCUT2D eigenvalue weighted by molar-refractivity contribution is -0.157. The maximum Gasteiger partial charge on any atom is 0.311 e. The van der Waals surface area contributed by atoms with E-state index in [1.807, 2.05) is 0 Å². The van der Waals surface area contributed by atoms with Crippen LogP contribution in [0.4, 0.5) is 4.39 Å². The number of ether oxygens (including phenoxy) is 2. The molecule has 0 spiro atoms. The van der Waals surface area contributed by atoms with E-state index in [9.17, 15) is 19.1 Å². The van der Waals surface area contributed by atoms with Crippen LogP contribution >= 0.6 is 0 Å². The molecule has 2 atom stereocenters. The number of amides is 1. The topological polar surface area (TPSA) is 76.1 Å². The fraction of sp³-hybridized carbons (Fsp3) is 0.500. The highest BCUT2D eigenvalue weighted by Crippen LogP contribution is 2.43. The molecule has 0 bridgehead atoms. The van der Waals surface area contributed by atoms with E-state index >= 15 is 0 Å². The summed E-state index contributed by atoms with van der Waals surface area (Å²) in [6.07, 6.45) is 0.372. The van der Waals surface area contributed by atoms with Crippen molar-refractivity contribution in [3.8, 4) is 5.75 Å². The second-order valence-electron chi connectivity index (χ2n) is 6.01. The molecule has 2 aliphatic rings. The zero-order chi connectivity index (χ0) is 16.6. The highest BCUT2D eigenvalue weighted by Gasteiger charge is 2.55. The monoisotopic (exact) mass is 323 g/mol. The number of carbonyl (C=O) groups excluding carboxylic acids is 1. The molecule has 0 aromatic heterocycles. The minimum absolute atomic E-state index is 0.104. The Kier molecular flexibility index (Phi) is 3.97. The minimum atomic E-state index is -0.978. The normalized spacial score (nSPS) is 26.7. The van der Waals surface area contributed by atoms with Gasteiger partial charge in [-0.25, -0.2) is 4.39 Å². The molecular formula is C16H18FNO5. The molecule has 23 heavy (non-hydrogen) atoms. The summed E-state index contributed by atoms with van der Waals surface area (Å²) < 4.78 is 24.0. The number of halogens is 1. The van der Waals surface area contributed by atoms with Crippen molar-refractivity contribution in [2.45, 2.75) is 6.42 Å². The molecule has 2 aliphatic heterocycles. The fourth-order valence-corrected chi connectivity index (χ4v) is 3.47. The average molecular weight is 323 g/mol. The maximum atomic E-state index is 13.5. The zero-order valence-corrected chi connectivity index (χ0v) is 12.8. The van der Waals surface area contributed by atoms with Crippen LogP contribution in [0.2, 0.25) is 0 Å². The number of hydrogen-bond acceptors (Lipinski definition) is 4. The van der Waals surface area contributed by atoms with E-state index in [1.54, 1.807) is 0 Å². The number of aliphatic carboxylic acids is 1. The quantitative estimate of drug-likeness (QED) is 0.910. The lowest BCUT2D eigenvalue weighted by Gasteiger charge is -2.33. The number of fused-ring (bicyclic) bond motifs is 1. The molecule has 1 amide bonds. The number of carboxylic acid groups (broad SMARTS) is 1. The van der Waals surface area contributed by atoms with Crippen LogP contribution in [-0.4, -0.2) is 55.3 Å². The first-order valence-electron chi connectivity index (χ1n) is 7.42. The summed E-state index contributed by atoms with van der Waals surface area (Å²) in [6, 6.07) is 3.72. The van der Waals surface area contributed by atoms with Gasteiger partial charge < -0.3 is 19.5 Å². The van der Waals surface area contributed by atoms with Gasteiger partial charge in [-0.3, -0.25) is 9.59 Å². The smallest absolute Gasteiger partial charge is 0.311 e. The summed E-state index contributed by atoms with van der Waals surface area (Å²) in [6.45, 7) is 1.07. The van der Waals surface area contributed by atoms with Gasteiger partial charge >= 0.3 is 5.97 Å². The number of rotatable bonds is 3. The van der Waals surface area contributed by atoms with Gasteiger partial charge in [-0.05, 0) is 24.6 Å². The van der Waals surface area contributed by atoms with E-state index in [4.69, 9.17) is 9.47 Å². The van der Waals surface area contributed by atoms with Crippen LogP contribution in [0.5, 0.6) is 5.75 Å². The molecule has 1 N–H and O–H groups in total. The maximum absolute atomic E-state index is 13.5. The van der Waals surface area contributed by atoms with Gasteiger partial charge in [0.15, 0.2) is 0 Å². The summed E-state index contributed by atoms with van der Waals surface area (Å²) in [5.74, 6) is -1.85. The highest BCUT2D eigenvalue weighted by atomic mass is 19.1. The van der Waals surface area contributed by atoms with Crippen LogP contribution in [-0.2, 0) is 9.53 Å². The lowest BCUT2D eigenvalue weighted by atomic mass is 9.74. The summed E-state index contributed by atoms with van der Waals surface area (Å²) in [4.78, 5) is 26.0. The van der Waals surface area contributed by atoms with E-state index in [1.165, 1.54) is 24.1 Å². The first kappa shape index (κ1) is 15.7. The molecule has 0 unspecified atom stereocenters. The number of hydrogen-bond donors (Lipinski definition) is 1. The molecule has 7 heteroatoms. The van der Waals surface area contributed by atoms with Crippen LogP contribution < -0.4 is 4.74 Å². The molecule has 1 aromatic carbocycles. The Morgan fingerprint density at radius 1 is 1.48 bits per heavy atom. The second-order valence-corrected chi connectivity index (χ2v) is 6.01. The van der Waals surface area contributed by atoms with E-state index in [2.05, 4.69) is 0 Å². The highest BCUT2D eigenvalue weighted by molar-refractivity contribution is 5.97. The molecular weight excluding hydrogens is 305 g/mol. The van der Waals surface area contributed by atoms with Crippen LogP contribution in [0.25, 0.3) is 0 Å². The SMILES string of the molecule is COc1ccc(F)cc1C(=O)N1C[C@H]2COCC[C@@]2(C(=O)O)C1. The van der Waals surface area contributed by atoms with Gasteiger partial charge in [0.25, 0.3) is 5.91 Å². The molecule has 1 aromatic rings. The number of methoxy groups -OCH3 is 1. The van der Waals surface area contributed by atoms with Crippen LogP contribution in [0.1, 0.15) is 16.8 Å². The van der Waals surface area contributed by atoms with Crippen molar-refractivity contribution in [1.29, 1.82) is 0 Å². The van der Waals surface area contributed by atoms with Crippen molar-refractivity contribution < 1.29 is 28.6 Å². The molecule has 6 nitrogen and oxygen atoms in total. The Morgan fingerprint density at radius 3 is 2.91 bits per heavy atom. The molecule has 0 radical (unpaired) electrons. The Morgan fingerprint density at radius 2 is 2.26 bits per heavy atom. The first-order valence-corrected chi connectivity index (χ1v) is 7.42. The minimum Gasteiger partial charge on any atom is -0.496 e. The fourth-order valence-electron chi connectivity index (χ4n) is 3.47. The van der Waals surface area contributed by atoms with Crippen molar-refractivity contribution in [2.75, 3.05) is 33.4 Å². The largest absolute Gasteiger partial charge is 0.496 e. The second kappa shape index (κ2) is 5.81. The van der Waals surface area contributed by atoms with Crippen molar-refractivity contribution in [3.63, 3.8) is 0 Å². The summed E-state index contributed by atoms with van der Waals surface area (Å²) in [7, 11) is 1.40. The first-order chi connectivity index (χ1) is 11.0. The van der Waals surface area contributed by atoms with Gasteiger partial charge in [0, 0.05) is 25.6 Å². The van der Waals surface area contributed by atoms with Crippen molar-refractivity contribution in [1.82, 2.24) is 4.90 Å². The third-order valence-electron chi connectivity index (χ3n) is 4.81. The van der Waals surface area contributed by atoms with Gasteiger partial charge in [0.1, 0.15) is 11.6 Å². The summed E-state index contributed by atoms with van der Waals surface area (Å²) in [5, 5.41) is 9.64. The number of carbonyl (C=O) groups is 2. The Hall–Kier alpha value is -2.15. The third kappa shape index (κ3) is 2.55. The molecule has 2 fully saturated rings. The van der Waals surface area contributed by atoms with E-state index in [0.29, 0.717) is 19.6 Å². The molecule has 0 saturated carbocycles. The van der Waals surface area contributed by atoms with Gasteiger partial charge in [-0.2, -0.15) is 0 Å². The summed E-state index contributed by atoms with van der Waals surface area (Å²) in [5.41, 5.74) is -0.873. The molecule has 2 heterocycles. The Balaban J connectivity index is 1.90. The predicted octanol–water partition coefficient (Wildman–Crippen LogP) is 1.40. The van der Waals surface area contributed by atoms with E-state index in [-0.39, 0.29) is 30.3 Å². The number of carboxylic acids is 1. The lowest BCUT2D eigenvalue weighted by Crippen LogP contribution is -2.45. The van der Waals surface area contributed by atoms with Crippen LogP contribution in [0.3, 0.4) is 0 Å². The molecule has 2 saturated heterocycles. The molecule has 0 aliphatic carbocycles. The third-order valence-corrected chi connectivity index (χ3v) is 4.81. The number of nitrogens with zero attached hydrogens (tertiary/aromatic N) is 1. The number of likely N-dealkylation sites (tertiary alicyclic amines) is 1. The van der Waals surface area contributed by atoms with Gasteiger partial charge in [0.2, 0.25) is 0 Å². The van der Waals surface area contributed by atoms with Crippen molar-refractivity contribution >= 4 is 11.9 Å². The Bertz CT molecular complexity index is 649. The predicted molar refractivity (Wildman–Crippen MR) is 77.9 cm³/mol. The van der Waals surface area contributed by atoms with Crippen LogP contribution in [0, 0.1) is 17.2 Å². The molecule has 124 valence electrons.